The molecule has 0 unspecified atom stereocenters. The summed E-state index contributed by atoms with van der Waals surface area (Å²) in [6.45, 7) is 0. The zero-order valence-electron chi connectivity index (χ0n) is 14.2. The van der Waals surface area contributed by atoms with Crippen molar-refractivity contribution in [1.29, 1.82) is 0 Å². The molecule has 6 rings (SSSR count). The van der Waals surface area contributed by atoms with E-state index in [2.05, 4.69) is 46.3 Å². The third kappa shape index (κ3) is 2.06. The van der Waals surface area contributed by atoms with Crippen LogP contribution in [-0.4, -0.2) is 0 Å². The maximum Gasteiger partial charge on any atom is 0.144 e. The van der Waals surface area contributed by atoms with Crippen LogP contribution in [-0.2, 0) is 0 Å². The molecule has 2 heterocycles. The third-order valence-corrected chi connectivity index (χ3v) is 5.83. The van der Waals surface area contributed by atoms with Crippen molar-refractivity contribution in [3.8, 4) is 11.1 Å². The Morgan fingerprint density at radius 1 is 0.519 bits per heavy atom. The number of furan rings is 2. The Labute approximate surface area is 163 Å². The van der Waals surface area contributed by atoms with Crippen molar-refractivity contribution in [2.45, 2.75) is 0 Å². The van der Waals surface area contributed by atoms with Crippen LogP contribution in [0.5, 0.6) is 0 Å². The highest BCUT2D eigenvalue weighted by molar-refractivity contribution is 9.10. The molecule has 0 aliphatic carbocycles. The Kier molecular flexibility index (Phi) is 3.06. The highest BCUT2D eigenvalue weighted by Crippen LogP contribution is 2.43. The van der Waals surface area contributed by atoms with E-state index in [1.165, 1.54) is 0 Å². The van der Waals surface area contributed by atoms with E-state index < -0.39 is 0 Å². The van der Waals surface area contributed by atoms with Gasteiger partial charge in [0.15, 0.2) is 0 Å². The van der Waals surface area contributed by atoms with Crippen molar-refractivity contribution in [3.63, 3.8) is 0 Å². The van der Waals surface area contributed by atoms with E-state index in [9.17, 15) is 0 Å². The maximum absolute atomic E-state index is 6.30. The molecule has 2 aromatic heterocycles. The van der Waals surface area contributed by atoms with E-state index in [4.69, 9.17) is 8.83 Å². The molecule has 0 atom stereocenters. The van der Waals surface area contributed by atoms with Crippen molar-refractivity contribution < 1.29 is 8.83 Å². The molecule has 0 aliphatic heterocycles. The minimum Gasteiger partial charge on any atom is -0.456 e. The number of rotatable bonds is 1. The average molecular weight is 413 g/mol. The summed E-state index contributed by atoms with van der Waals surface area (Å²) in [5.41, 5.74) is 5.77. The highest BCUT2D eigenvalue weighted by Gasteiger charge is 2.18. The summed E-state index contributed by atoms with van der Waals surface area (Å²) in [4.78, 5) is 0. The predicted molar refractivity (Wildman–Crippen MR) is 114 cm³/mol. The van der Waals surface area contributed by atoms with E-state index in [1.807, 2.05) is 48.5 Å². The molecule has 0 N–H and O–H groups in total. The molecule has 4 aromatic carbocycles. The van der Waals surface area contributed by atoms with Crippen molar-refractivity contribution in [2.75, 3.05) is 0 Å². The standard InChI is InChI=1S/C24H13BrO2/c25-18-13-12-15(24-23(18)17-7-2-4-10-20(17)27-24)14-8-5-11-21-22(14)16-6-1-3-9-19(16)26-21/h1-13H. The van der Waals surface area contributed by atoms with Crippen LogP contribution >= 0.6 is 15.9 Å². The normalized spacial score (nSPS) is 11.9. The molecule has 0 saturated heterocycles. The Balaban J connectivity index is 1.80. The first-order valence-electron chi connectivity index (χ1n) is 8.81. The molecule has 2 nitrogen and oxygen atoms in total. The minimum absolute atomic E-state index is 0.890. The molecule has 0 aliphatic rings. The molecule has 27 heavy (non-hydrogen) atoms. The van der Waals surface area contributed by atoms with E-state index in [-0.39, 0.29) is 0 Å². The van der Waals surface area contributed by atoms with E-state index in [0.29, 0.717) is 0 Å². The first-order chi connectivity index (χ1) is 13.3. The predicted octanol–water partition coefficient (Wildman–Crippen LogP) is 7.91. The van der Waals surface area contributed by atoms with Gasteiger partial charge in [-0.15, -0.1) is 0 Å². The maximum atomic E-state index is 6.30. The van der Waals surface area contributed by atoms with Gasteiger partial charge < -0.3 is 8.83 Å². The van der Waals surface area contributed by atoms with E-state index >= 15 is 0 Å². The van der Waals surface area contributed by atoms with Gasteiger partial charge in [-0.3, -0.25) is 0 Å². The molecule has 6 aromatic rings. The molecule has 0 radical (unpaired) electrons. The number of para-hydroxylation sites is 2. The summed E-state index contributed by atoms with van der Waals surface area (Å²) in [7, 11) is 0. The van der Waals surface area contributed by atoms with Crippen molar-refractivity contribution >= 4 is 59.8 Å². The van der Waals surface area contributed by atoms with Gasteiger partial charge >= 0.3 is 0 Å². The van der Waals surface area contributed by atoms with Crippen LogP contribution in [0.25, 0.3) is 55.0 Å². The lowest BCUT2D eigenvalue weighted by Gasteiger charge is -2.06. The fraction of sp³-hybridized carbons (Fsp3) is 0. The Bertz CT molecular complexity index is 1490. The van der Waals surface area contributed by atoms with Gasteiger partial charge in [0.05, 0.1) is 0 Å². The molecular weight excluding hydrogens is 400 g/mol. The fourth-order valence-corrected chi connectivity index (χ4v) is 4.52. The second-order valence-electron chi connectivity index (χ2n) is 6.67. The van der Waals surface area contributed by atoms with Gasteiger partial charge in [-0.1, -0.05) is 64.5 Å². The quantitative estimate of drug-likeness (QED) is 0.274. The minimum atomic E-state index is 0.890. The van der Waals surface area contributed by atoms with Crippen molar-refractivity contribution in [3.05, 3.63) is 83.3 Å². The number of benzene rings is 4. The smallest absolute Gasteiger partial charge is 0.144 e. The first-order valence-corrected chi connectivity index (χ1v) is 9.61. The van der Waals surface area contributed by atoms with Gasteiger partial charge in [-0.05, 0) is 35.9 Å². The van der Waals surface area contributed by atoms with Crippen LogP contribution < -0.4 is 0 Å². The summed E-state index contributed by atoms with van der Waals surface area (Å²) in [6, 6.07) is 26.7. The van der Waals surface area contributed by atoms with Crippen molar-refractivity contribution in [2.24, 2.45) is 0 Å². The second kappa shape index (κ2) is 5.48. The number of hydrogen-bond acceptors (Lipinski definition) is 2. The lowest BCUT2D eigenvalue weighted by atomic mass is 9.97. The molecule has 0 saturated carbocycles. The van der Waals surface area contributed by atoms with Crippen LogP contribution in [0.1, 0.15) is 0 Å². The van der Waals surface area contributed by atoms with Crippen LogP contribution in [0.3, 0.4) is 0 Å². The van der Waals surface area contributed by atoms with Crippen LogP contribution in [0, 0.1) is 0 Å². The Morgan fingerprint density at radius 3 is 2.00 bits per heavy atom. The lowest BCUT2D eigenvalue weighted by Crippen LogP contribution is -1.82. The summed E-state index contributed by atoms with van der Waals surface area (Å²) in [5.74, 6) is 0. The largest absolute Gasteiger partial charge is 0.456 e. The zero-order valence-corrected chi connectivity index (χ0v) is 15.8. The molecule has 0 amide bonds. The van der Waals surface area contributed by atoms with Gasteiger partial charge in [0, 0.05) is 31.6 Å². The second-order valence-corrected chi connectivity index (χ2v) is 7.53. The molecule has 0 fully saturated rings. The van der Waals surface area contributed by atoms with Gasteiger partial charge in [0.25, 0.3) is 0 Å². The van der Waals surface area contributed by atoms with Crippen LogP contribution in [0.15, 0.2) is 92.2 Å². The topological polar surface area (TPSA) is 26.3 Å². The molecule has 3 heteroatoms. The van der Waals surface area contributed by atoms with Gasteiger partial charge in [-0.25, -0.2) is 0 Å². The zero-order chi connectivity index (χ0) is 18.0. The summed E-state index contributed by atoms with van der Waals surface area (Å²) in [6.07, 6.45) is 0. The Hall–Kier alpha value is -3.04. The summed E-state index contributed by atoms with van der Waals surface area (Å²) >= 11 is 3.71. The van der Waals surface area contributed by atoms with Crippen molar-refractivity contribution in [1.82, 2.24) is 0 Å². The molecular formula is C24H13BrO2. The fourth-order valence-electron chi connectivity index (χ4n) is 4.00. The highest BCUT2D eigenvalue weighted by atomic mass is 79.9. The first kappa shape index (κ1) is 15.1. The van der Waals surface area contributed by atoms with Crippen LogP contribution in [0.4, 0.5) is 0 Å². The Morgan fingerprint density at radius 2 is 1.19 bits per heavy atom. The average Bonchev–Trinajstić information content (AvgIpc) is 3.27. The summed E-state index contributed by atoms with van der Waals surface area (Å²) in [5, 5.41) is 4.46. The van der Waals surface area contributed by atoms with E-state index in [0.717, 1.165) is 59.5 Å². The monoisotopic (exact) mass is 412 g/mol. The molecule has 0 bridgehead atoms. The van der Waals surface area contributed by atoms with Gasteiger partial charge in [0.2, 0.25) is 0 Å². The molecule has 128 valence electrons. The van der Waals surface area contributed by atoms with Gasteiger partial charge in [0.1, 0.15) is 22.3 Å². The molecule has 0 spiro atoms. The SMILES string of the molecule is Brc1ccc(-c2cccc3oc4ccccc4c23)c2oc3ccccc3c12. The number of fused-ring (bicyclic) bond motifs is 6. The number of hydrogen-bond donors (Lipinski definition) is 0. The van der Waals surface area contributed by atoms with Gasteiger partial charge in [-0.2, -0.15) is 0 Å². The van der Waals surface area contributed by atoms with Crippen LogP contribution in [0.2, 0.25) is 0 Å². The summed E-state index contributed by atoms with van der Waals surface area (Å²) < 4.78 is 13.4. The van der Waals surface area contributed by atoms with E-state index in [1.54, 1.807) is 0 Å². The number of halogens is 1. The lowest BCUT2D eigenvalue weighted by molar-refractivity contribution is 0.668. The third-order valence-electron chi connectivity index (χ3n) is 5.17.